The average molecular weight is 116 g/mol. The van der Waals surface area contributed by atoms with Crippen molar-refractivity contribution >= 4 is 0 Å². The number of hydrogen-bond acceptors (Lipinski definition) is 3. The van der Waals surface area contributed by atoms with Crippen LogP contribution in [0, 0.1) is 11.8 Å². The van der Waals surface area contributed by atoms with Crippen molar-refractivity contribution in [2.75, 3.05) is 27.4 Å². The Hall–Kier alpha value is -0.590. The molecule has 0 aromatic heterocycles. The Morgan fingerprint density at radius 3 is 1.50 bits per heavy atom. The van der Waals surface area contributed by atoms with E-state index in [-0.39, 0.29) is 0 Å². The number of nitrogens with zero attached hydrogens (tertiary/aromatic N) is 1. The Morgan fingerprint density at radius 2 is 1.38 bits per heavy atom. The molecule has 0 spiro atoms. The monoisotopic (exact) mass is 116 g/mol. The molecular formula is C5H10NO2-. The van der Waals surface area contributed by atoms with Gasteiger partial charge in [0.1, 0.15) is 0 Å². The first-order chi connectivity index (χ1) is 3.91. The van der Waals surface area contributed by atoms with E-state index in [4.69, 9.17) is 11.8 Å². The van der Waals surface area contributed by atoms with Gasteiger partial charge in [0.15, 0.2) is 0 Å². The molecular weight excluding hydrogens is 106 g/mol. The summed E-state index contributed by atoms with van der Waals surface area (Å²) in [6.45, 7) is 6.13. The van der Waals surface area contributed by atoms with Gasteiger partial charge < -0.3 is 21.3 Å². The number of hydrogen-bond donors (Lipinski definition) is 0. The van der Waals surface area contributed by atoms with Crippen LogP contribution in [0.1, 0.15) is 0 Å². The second kappa shape index (κ2) is 16.1. The largest absolute Gasteiger partial charge is 0.512 e. The molecule has 0 bridgehead atoms. The average Bonchev–Trinajstić information content (AvgIpc) is 1.88. The van der Waals surface area contributed by atoms with Crippen molar-refractivity contribution in [3.8, 4) is 0 Å². The van der Waals surface area contributed by atoms with Crippen LogP contribution in [-0.4, -0.2) is 27.4 Å². The van der Waals surface area contributed by atoms with Gasteiger partial charge in [0.25, 0.3) is 0 Å². The van der Waals surface area contributed by atoms with E-state index >= 15 is 0 Å². The molecule has 0 fully saturated rings. The predicted molar refractivity (Wildman–Crippen MR) is 28.7 cm³/mol. The van der Waals surface area contributed by atoms with Gasteiger partial charge in [0.2, 0.25) is 0 Å². The van der Waals surface area contributed by atoms with Crippen LogP contribution in [0.2, 0.25) is 0 Å². The van der Waals surface area contributed by atoms with Gasteiger partial charge in [-0.3, -0.25) is 0 Å². The van der Waals surface area contributed by atoms with Gasteiger partial charge in [-0.25, -0.2) is 0 Å². The van der Waals surface area contributed by atoms with E-state index in [1.807, 2.05) is 0 Å². The van der Waals surface area contributed by atoms with Crippen molar-refractivity contribution in [3.05, 3.63) is 6.57 Å². The maximum atomic E-state index is 6.25. The molecule has 0 saturated carbocycles. The molecule has 0 amide bonds. The summed E-state index contributed by atoms with van der Waals surface area (Å²) in [5, 5.41) is 6.25. The minimum atomic E-state index is 0.691. The van der Waals surface area contributed by atoms with Gasteiger partial charge in [-0.15, -0.1) is 0 Å². The smallest absolute Gasteiger partial charge is 0.0696 e. The third kappa shape index (κ3) is 18.1. The van der Waals surface area contributed by atoms with Crippen LogP contribution < -0.4 is 0 Å². The van der Waals surface area contributed by atoms with E-state index in [1.165, 1.54) is 0 Å². The molecule has 0 unspecified atom stereocenters. The molecule has 0 radical (unpaired) electrons. The number of methoxy groups -OCH3 is 2. The van der Waals surface area contributed by atoms with Crippen LogP contribution in [0.5, 0.6) is 0 Å². The van der Waals surface area contributed by atoms with Gasteiger partial charge in [-0.2, -0.15) is 0 Å². The molecule has 0 saturated heterocycles. The van der Waals surface area contributed by atoms with Crippen LogP contribution in [0.4, 0.5) is 0 Å². The van der Waals surface area contributed by atoms with Crippen molar-refractivity contribution < 1.29 is 9.47 Å². The molecule has 0 aromatic rings. The molecule has 3 nitrogen and oxygen atoms in total. The zero-order valence-corrected chi connectivity index (χ0v) is 5.18. The summed E-state index contributed by atoms with van der Waals surface area (Å²) in [5.74, 6) is 0. The van der Waals surface area contributed by atoms with Crippen LogP contribution in [0.3, 0.4) is 0 Å². The topological polar surface area (TPSA) is 42.2 Å². The quantitative estimate of drug-likeness (QED) is 0.395. The highest BCUT2D eigenvalue weighted by Crippen LogP contribution is 1.65. The summed E-state index contributed by atoms with van der Waals surface area (Å²) in [6, 6.07) is 0. The van der Waals surface area contributed by atoms with Crippen molar-refractivity contribution in [2.45, 2.75) is 0 Å². The van der Waals surface area contributed by atoms with Crippen molar-refractivity contribution in [3.63, 3.8) is 0 Å². The van der Waals surface area contributed by atoms with Crippen molar-refractivity contribution in [1.82, 2.24) is 0 Å². The van der Waals surface area contributed by atoms with Crippen molar-refractivity contribution in [1.29, 1.82) is 5.26 Å². The summed E-state index contributed by atoms with van der Waals surface area (Å²) in [4.78, 5) is 0. The van der Waals surface area contributed by atoms with E-state index in [2.05, 4.69) is 9.47 Å². The molecule has 0 N–H and O–H groups in total. The summed E-state index contributed by atoms with van der Waals surface area (Å²) in [7, 11) is 3.30. The molecule has 0 heterocycles. The Balaban J connectivity index is 0. The zero-order valence-electron chi connectivity index (χ0n) is 5.18. The molecule has 0 aliphatic heterocycles. The summed E-state index contributed by atoms with van der Waals surface area (Å²) < 4.78 is 9.31. The lowest BCUT2D eigenvalue weighted by Crippen LogP contribution is -1.96. The maximum absolute atomic E-state index is 6.25. The second-order valence-electron chi connectivity index (χ2n) is 0.986. The van der Waals surface area contributed by atoms with E-state index in [1.54, 1.807) is 14.2 Å². The Morgan fingerprint density at radius 1 is 1.12 bits per heavy atom. The Bertz CT molecular complexity index is 40.9. The Labute approximate surface area is 49.8 Å². The molecule has 0 rings (SSSR count). The van der Waals surface area contributed by atoms with E-state index < -0.39 is 0 Å². The minimum Gasteiger partial charge on any atom is -0.512 e. The van der Waals surface area contributed by atoms with Gasteiger partial charge >= 0.3 is 0 Å². The normalized spacial score (nSPS) is 7.00. The summed E-state index contributed by atoms with van der Waals surface area (Å²) in [6.07, 6.45) is 0. The SMILES string of the molecule is COCCOC.[C-]#N. The third-order valence-corrected chi connectivity index (χ3v) is 0.492. The highest BCUT2D eigenvalue weighted by atomic mass is 16.5. The minimum absolute atomic E-state index is 0.691. The molecule has 8 heavy (non-hydrogen) atoms. The standard InChI is InChI=1S/C4H10O2.CN/c1-5-3-4-6-2;1-2/h3-4H2,1-2H3;/q;-1. The molecule has 0 aromatic carbocycles. The fourth-order valence-electron chi connectivity index (χ4n) is 0.167. The molecule has 48 valence electrons. The van der Waals surface area contributed by atoms with Gasteiger partial charge in [-0.05, 0) is 0 Å². The third-order valence-electron chi connectivity index (χ3n) is 0.492. The van der Waals surface area contributed by atoms with Crippen LogP contribution in [0.15, 0.2) is 0 Å². The van der Waals surface area contributed by atoms with Crippen LogP contribution in [-0.2, 0) is 9.47 Å². The van der Waals surface area contributed by atoms with E-state index in [0.717, 1.165) is 0 Å². The van der Waals surface area contributed by atoms with E-state index in [9.17, 15) is 0 Å². The summed E-state index contributed by atoms with van der Waals surface area (Å²) >= 11 is 0. The maximum Gasteiger partial charge on any atom is 0.0696 e. The first-order valence-electron chi connectivity index (χ1n) is 2.12. The van der Waals surface area contributed by atoms with Gasteiger partial charge in [0, 0.05) is 14.2 Å². The van der Waals surface area contributed by atoms with Gasteiger partial charge in [0.05, 0.1) is 13.2 Å². The van der Waals surface area contributed by atoms with Crippen LogP contribution >= 0.6 is 0 Å². The fourth-order valence-corrected chi connectivity index (χ4v) is 0.167. The molecule has 0 aliphatic carbocycles. The molecule has 0 atom stereocenters. The van der Waals surface area contributed by atoms with Crippen molar-refractivity contribution in [2.24, 2.45) is 0 Å². The number of ether oxygens (including phenoxy) is 2. The first kappa shape index (κ1) is 10.4. The molecule has 3 heteroatoms. The zero-order chi connectivity index (χ0) is 6.83. The highest BCUT2D eigenvalue weighted by molar-refractivity contribution is 4.17. The lowest BCUT2D eigenvalue weighted by molar-refractivity contribution is 0.103. The number of rotatable bonds is 3. The highest BCUT2D eigenvalue weighted by Gasteiger charge is 1.73. The Kier molecular flexibility index (Phi) is 21.0. The lowest BCUT2D eigenvalue weighted by atomic mass is 10.8. The van der Waals surface area contributed by atoms with Gasteiger partial charge in [-0.1, -0.05) is 0 Å². The fraction of sp³-hybridized carbons (Fsp3) is 0.800. The lowest BCUT2D eigenvalue weighted by Gasteiger charge is -1.91. The second-order valence-corrected chi connectivity index (χ2v) is 0.986. The summed E-state index contributed by atoms with van der Waals surface area (Å²) in [5.41, 5.74) is 0. The molecule has 0 aliphatic rings. The predicted octanol–water partition coefficient (Wildman–Crippen LogP) is 0.376. The van der Waals surface area contributed by atoms with Crippen LogP contribution in [0.25, 0.3) is 0 Å². The first-order valence-corrected chi connectivity index (χ1v) is 2.12. The van der Waals surface area contributed by atoms with E-state index in [0.29, 0.717) is 13.2 Å².